The van der Waals surface area contributed by atoms with Gasteiger partial charge >= 0.3 is 13.5 Å². The van der Waals surface area contributed by atoms with Gasteiger partial charge in [-0.15, -0.1) is 0 Å². The molecule has 0 atom stereocenters. The third-order valence-electron chi connectivity index (χ3n) is 3.09. The predicted octanol–water partition coefficient (Wildman–Crippen LogP) is 1.31. The van der Waals surface area contributed by atoms with Crippen LogP contribution in [0.3, 0.4) is 0 Å². The summed E-state index contributed by atoms with van der Waals surface area (Å²) in [6.07, 6.45) is -4.98. The molecule has 0 saturated heterocycles. The third-order valence-corrected chi connectivity index (χ3v) is 3.09. The van der Waals surface area contributed by atoms with E-state index in [1.165, 1.54) is 6.07 Å². The number of hydrogen-bond donors (Lipinski definition) is 4. The summed E-state index contributed by atoms with van der Waals surface area (Å²) in [7, 11) is -2.16. The Morgan fingerprint density at radius 1 is 1.04 bits per heavy atom. The molecule has 0 radical (unpaired) electrons. The fourth-order valence-electron chi connectivity index (χ4n) is 0.996. The van der Waals surface area contributed by atoms with E-state index in [2.05, 4.69) is 4.65 Å². The summed E-state index contributed by atoms with van der Waals surface area (Å²) >= 11 is 0. The Morgan fingerprint density at radius 3 is 1.83 bits per heavy atom. The van der Waals surface area contributed by atoms with Crippen molar-refractivity contribution in [3.05, 3.63) is 29.8 Å². The van der Waals surface area contributed by atoms with Crippen LogP contribution < -0.4 is 4.65 Å². The fourth-order valence-corrected chi connectivity index (χ4v) is 0.996. The normalized spacial score (nSPS) is 12.1. The minimum atomic E-state index is -4.98. The number of carbonyl (C=O) groups is 1. The van der Waals surface area contributed by atoms with Crippen molar-refractivity contribution in [1.82, 2.24) is 0 Å². The maximum absolute atomic E-state index is 12.0. The SMILES string of the molecule is CC(C)(O)C(C)(C)O.O=C(c1cccc(OB(O)O)c1)C(F)(F)F. The maximum Gasteiger partial charge on any atom is 0.707 e. The number of ketones is 1. The molecule has 1 rings (SSSR count). The van der Waals surface area contributed by atoms with Gasteiger partial charge in [-0.3, -0.25) is 4.79 Å². The van der Waals surface area contributed by atoms with E-state index < -0.39 is 36.0 Å². The van der Waals surface area contributed by atoms with Gasteiger partial charge in [0.2, 0.25) is 0 Å². The molecule has 6 nitrogen and oxygen atoms in total. The average Bonchev–Trinajstić information content (AvgIpc) is 2.34. The number of hydrogen-bond acceptors (Lipinski definition) is 6. The lowest BCUT2D eigenvalue weighted by atomic mass is 9.90. The number of halogens is 3. The molecule has 0 aliphatic rings. The summed E-state index contributed by atoms with van der Waals surface area (Å²) in [6, 6.07) is 4.05. The fraction of sp³-hybridized carbons (Fsp3) is 0.500. The third kappa shape index (κ3) is 7.78. The molecule has 0 amide bonds. The highest BCUT2D eigenvalue weighted by Gasteiger charge is 2.39. The van der Waals surface area contributed by atoms with E-state index in [9.17, 15) is 18.0 Å². The van der Waals surface area contributed by atoms with E-state index >= 15 is 0 Å². The molecule has 1 aromatic carbocycles. The summed E-state index contributed by atoms with van der Waals surface area (Å²) in [5, 5.41) is 35.1. The summed E-state index contributed by atoms with van der Waals surface area (Å²) < 4.78 is 40.4. The van der Waals surface area contributed by atoms with E-state index in [1.807, 2.05) is 0 Å². The molecule has 1 aromatic rings. The molecule has 0 bridgehead atoms. The highest BCUT2D eigenvalue weighted by atomic mass is 19.4. The van der Waals surface area contributed by atoms with Gasteiger partial charge in [-0.05, 0) is 39.8 Å². The van der Waals surface area contributed by atoms with Gasteiger partial charge in [0.15, 0.2) is 0 Å². The van der Waals surface area contributed by atoms with Gasteiger partial charge in [0.05, 0.1) is 11.2 Å². The highest BCUT2D eigenvalue weighted by molar-refractivity contribution is 6.33. The van der Waals surface area contributed by atoms with Crippen LogP contribution in [0.5, 0.6) is 5.75 Å². The lowest BCUT2D eigenvalue weighted by Crippen LogP contribution is -2.44. The van der Waals surface area contributed by atoms with Crippen molar-refractivity contribution in [2.45, 2.75) is 45.1 Å². The standard InChI is InChI=1S/C8H6BF3O4.C6H14O2/c10-8(11,12)7(13)5-2-1-3-6(4-5)16-9(14)15;1-5(2,7)6(3,4)8/h1-4,14-15H;7-8H,1-4H3. The summed E-state index contributed by atoms with van der Waals surface area (Å²) in [4.78, 5) is 10.8. The second-order valence-electron chi connectivity index (χ2n) is 5.92. The van der Waals surface area contributed by atoms with Crippen molar-refractivity contribution in [2.75, 3.05) is 0 Å². The Labute approximate surface area is 137 Å². The number of alkyl halides is 3. The largest absolute Gasteiger partial charge is 0.707 e. The molecular weight excluding hydrogens is 332 g/mol. The smallest absolute Gasteiger partial charge is 0.512 e. The summed E-state index contributed by atoms with van der Waals surface area (Å²) in [5.41, 5.74) is -2.65. The second-order valence-corrected chi connectivity index (χ2v) is 5.92. The van der Waals surface area contributed by atoms with Crippen LogP contribution in [0.25, 0.3) is 0 Å². The highest BCUT2D eigenvalue weighted by Crippen LogP contribution is 2.23. The Morgan fingerprint density at radius 2 is 1.50 bits per heavy atom. The van der Waals surface area contributed by atoms with Crippen molar-refractivity contribution in [3.8, 4) is 5.75 Å². The van der Waals surface area contributed by atoms with Crippen LogP contribution in [0.2, 0.25) is 0 Å². The molecule has 24 heavy (non-hydrogen) atoms. The van der Waals surface area contributed by atoms with E-state index in [4.69, 9.17) is 20.3 Å². The van der Waals surface area contributed by atoms with Crippen molar-refractivity contribution < 1.29 is 42.9 Å². The number of benzene rings is 1. The van der Waals surface area contributed by atoms with E-state index in [0.717, 1.165) is 18.2 Å². The second kappa shape index (κ2) is 7.97. The number of aliphatic hydroxyl groups is 2. The lowest BCUT2D eigenvalue weighted by molar-refractivity contribution is -0.107. The zero-order valence-corrected chi connectivity index (χ0v) is 13.6. The van der Waals surface area contributed by atoms with Crippen molar-refractivity contribution in [2.24, 2.45) is 0 Å². The van der Waals surface area contributed by atoms with Crippen LogP contribution in [0.1, 0.15) is 38.1 Å². The van der Waals surface area contributed by atoms with Crippen LogP contribution in [0.4, 0.5) is 13.2 Å². The molecule has 136 valence electrons. The average molecular weight is 352 g/mol. The van der Waals surface area contributed by atoms with Gasteiger partial charge in [0.25, 0.3) is 5.78 Å². The zero-order chi connectivity index (χ0) is 19.3. The number of rotatable bonds is 4. The first-order valence-corrected chi connectivity index (χ1v) is 6.75. The molecule has 0 aliphatic carbocycles. The van der Waals surface area contributed by atoms with Gasteiger partial charge in [-0.1, -0.05) is 12.1 Å². The Kier molecular flexibility index (Phi) is 7.44. The first-order chi connectivity index (χ1) is 10.6. The number of carbonyl (C=O) groups excluding carboxylic acids is 1. The molecule has 0 unspecified atom stereocenters. The Balaban J connectivity index is 0.000000561. The summed E-state index contributed by atoms with van der Waals surface area (Å²) in [6.45, 7) is 6.31. The molecule has 4 N–H and O–H groups in total. The first kappa shape index (κ1) is 22.4. The molecule has 0 saturated carbocycles. The van der Waals surface area contributed by atoms with Crippen LogP contribution in [0.15, 0.2) is 24.3 Å². The van der Waals surface area contributed by atoms with Crippen molar-refractivity contribution >= 4 is 13.1 Å². The molecule has 0 heterocycles. The minimum absolute atomic E-state index is 0.245. The van der Waals surface area contributed by atoms with Crippen molar-refractivity contribution in [1.29, 1.82) is 0 Å². The van der Waals surface area contributed by atoms with Crippen LogP contribution in [0, 0.1) is 0 Å². The zero-order valence-electron chi connectivity index (χ0n) is 13.6. The van der Waals surface area contributed by atoms with Crippen LogP contribution in [-0.4, -0.2) is 50.7 Å². The van der Waals surface area contributed by atoms with Crippen LogP contribution in [-0.2, 0) is 0 Å². The predicted molar refractivity (Wildman–Crippen MR) is 80.2 cm³/mol. The molecular formula is C14H20BF3O6. The van der Waals surface area contributed by atoms with E-state index in [0.29, 0.717) is 0 Å². The van der Waals surface area contributed by atoms with E-state index in [1.54, 1.807) is 27.7 Å². The van der Waals surface area contributed by atoms with Gasteiger partial charge in [-0.2, -0.15) is 13.2 Å². The van der Waals surface area contributed by atoms with Gasteiger partial charge in [0.1, 0.15) is 5.75 Å². The number of Topliss-reactive ketones (excluding diaryl/α,β-unsaturated/α-hetero) is 1. The molecule has 0 spiro atoms. The minimum Gasteiger partial charge on any atom is -0.512 e. The van der Waals surface area contributed by atoms with Gasteiger partial charge in [-0.25, -0.2) is 0 Å². The lowest BCUT2D eigenvalue weighted by Gasteiger charge is -2.31. The van der Waals surface area contributed by atoms with Crippen molar-refractivity contribution in [3.63, 3.8) is 0 Å². The molecule has 0 aromatic heterocycles. The topological polar surface area (TPSA) is 107 Å². The Bertz CT molecular complexity index is 535. The summed E-state index contributed by atoms with van der Waals surface area (Å²) in [5.74, 6) is -2.27. The maximum atomic E-state index is 12.0. The van der Waals surface area contributed by atoms with Gasteiger partial charge < -0.3 is 24.9 Å². The van der Waals surface area contributed by atoms with Crippen LogP contribution >= 0.6 is 0 Å². The monoisotopic (exact) mass is 352 g/mol. The molecule has 0 fully saturated rings. The van der Waals surface area contributed by atoms with E-state index in [-0.39, 0.29) is 5.75 Å². The first-order valence-electron chi connectivity index (χ1n) is 6.75. The Hall–Kier alpha value is -1.62. The molecule has 10 heteroatoms. The quantitative estimate of drug-likeness (QED) is 0.481. The van der Waals surface area contributed by atoms with Gasteiger partial charge in [0, 0.05) is 5.56 Å². The molecule has 0 aliphatic heterocycles.